The topological polar surface area (TPSA) is 84.3 Å². The van der Waals surface area contributed by atoms with Crippen LogP contribution in [0.2, 0.25) is 0 Å². The standard InChI is InChI=1S/C20H17BrClN3O3S/c1-2-28-16-10-13(8-14(21)17(16)26)9-15(22)19-24-25-20(29-19)18(27)23-11-12-6-4-3-5-7-12/h3-10,26H,2,11H2,1H3,(H,23,27)/b15-9+. The number of rotatable bonds is 7. The summed E-state index contributed by atoms with van der Waals surface area (Å²) >= 11 is 10.8. The van der Waals surface area contributed by atoms with Crippen molar-refractivity contribution >= 4 is 55.9 Å². The summed E-state index contributed by atoms with van der Waals surface area (Å²) in [6.07, 6.45) is 1.67. The third-order valence-corrected chi connectivity index (χ3v) is 5.72. The normalized spacial score (nSPS) is 11.3. The van der Waals surface area contributed by atoms with Crippen molar-refractivity contribution in [3.05, 3.63) is 68.1 Å². The Balaban J connectivity index is 1.73. The predicted molar refractivity (Wildman–Crippen MR) is 118 cm³/mol. The van der Waals surface area contributed by atoms with Gasteiger partial charge in [0.2, 0.25) is 5.01 Å². The minimum atomic E-state index is -0.312. The SMILES string of the molecule is CCOc1cc(/C=C(/Cl)c2nnc(C(=O)NCc3ccccc3)s2)cc(Br)c1O. The van der Waals surface area contributed by atoms with Crippen molar-refractivity contribution in [3.63, 3.8) is 0 Å². The Morgan fingerprint density at radius 1 is 1.28 bits per heavy atom. The van der Waals surface area contributed by atoms with Gasteiger partial charge in [-0.15, -0.1) is 10.2 Å². The van der Waals surface area contributed by atoms with E-state index in [1.165, 1.54) is 0 Å². The molecule has 29 heavy (non-hydrogen) atoms. The zero-order valence-electron chi connectivity index (χ0n) is 15.4. The van der Waals surface area contributed by atoms with Crippen molar-refractivity contribution in [2.24, 2.45) is 0 Å². The Hall–Kier alpha value is -2.42. The summed E-state index contributed by atoms with van der Waals surface area (Å²) in [5.74, 6) is 0.0531. The number of phenolic OH excluding ortho intramolecular Hbond substituents is 1. The number of aromatic hydroxyl groups is 1. The molecule has 2 N–H and O–H groups in total. The fraction of sp³-hybridized carbons (Fsp3) is 0.150. The summed E-state index contributed by atoms with van der Waals surface area (Å²) in [7, 11) is 0. The van der Waals surface area contributed by atoms with Gasteiger partial charge in [-0.3, -0.25) is 4.79 Å². The first-order chi connectivity index (χ1) is 14.0. The molecule has 0 bridgehead atoms. The fourth-order valence-corrected chi connectivity index (χ4v) is 3.82. The molecular formula is C20H17BrClN3O3S. The van der Waals surface area contributed by atoms with Crippen LogP contribution in [0, 0.1) is 0 Å². The van der Waals surface area contributed by atoms with E-state index in [1.807, 2.05) is 37.3 Å². The Labute approximate surface area is 185 Å². The first-order valence-electron chi connectivity index (χ1n) is 8.66. The van der Waals surface area contributed by atoms with Crippen LogP contribution in [0.5, 0.6) is 11.5 Å². The third kappa shape index (κ3) is 5.56. The fourth-order valence-electron chi connectivity index (χ4n) is 2.42. The van der Waals surface area contributed by atoms with Gasteiger partial charge in [-0.25, -0.2) is 0 Å². The lowest BCUT2D eigenvalue weighted by molar-refractivity contribution is 0.0950. The average molecular weight is 495 g/mol. The molecule has 1 aromatic heterocycles. The molecular weight excluding hydrogens is 478 g/mol. The van der Waals surface area contributed by atoms with E-state index in [9.17, 15) is 9.90 Å². The second-order valence-electron chi connectivity index (χ2n) is 5.86. The highest BCUT2D eigenvalue weighted by atomic mass is 79.9. The zero-order valence-corrected chi connectivity index (χ0v) is 18.5. The molecule has 1 amide bonds. The molecule has 0 spiro atoms. The number of carbonyl (C=O) groups is 1. The van der Waals surface area contributed by atoms with Gasteiger partial charge in [-0.2, -0.15) is 0 Å². The van der Waals surface area contributed by atoms with Gasteiger partial charge in [0.05, 0.1) is 16.1 Å². The largest absolute Gasteiger partial charge is 0.503 e. The van der Waals surface area contributed by atoms with Crippen LogP contribution in [-0.4, -0.2) is 27.8 Å². The summed E-state index contributed by atoms with van der Waals surface area (Å²) in [4.78, 5) is 12.3. The molecule has 150 valence electrons. The van der Waals surface area contributed by atoms with E-state index >= 15 is 0 Å². The molecule has 3 rings (SSSR count). The van der Waals surface area contributed by atoms with E-state index in [1.54, 1.807) is 18.2 Å². The van der Waals surface area contributed by atoms with Gasteiger partial charge >= 0.3 is 0 Å². The van der Waals surface area contributed by atoms with Gasteiger partial charge in [-0.05, 0) is 52.2 Å². The van der Waals surface area contributed by atoms with Crippen LogP contribution in [-0.2, 0) is 6.54 Å². The van der Waals surface area contributed by atoms with Crippen LogP contribution in [0.4, 0.5) is 0 Å². The maximum absolute atomic E-state index is 12.3. The van der Waals surface area contributed by atoms with Crippen LogP contribution >= 0.6 is 38.9 Å². The molecule has 0 fully saturated rings. The lowest BCUT2D eigenvalue weighted by Gasteiger charge is -2.08. The number of aromatic nitrogens is 2. The number of amides is 1. The quantitative estimate of drug-likeness (QED) is 0.479. The number of hydrogen-bond acceptors (Lipinski definition) is 6. The minimum absolute atomic E-state index is 0.0217. The molecule has 0 aliphatic heterocycles. The zero-order chi connectivity index (χ0) is 20.8. The molecule has 0 saturated heterocycles. The Morgan fingerprint density at radius 2 is 2.00 bits per heavy atom. The first-order valence-corrected chi connectivity index (χ1v) is 10.6. The molecule has 0 atom stereocenters. The van der Waals surface area contributed by atoms with Gasteiger partial charge in [0.15, 0.2) is 16.5 Å². The summed E-state index contributed by atoms with van der Waals surface area (Å²) < 4.78 is 5.90. The molecule has 0 saturated carbocycles. The Bertz CT molecular complexity index is 1040. The van der Waals surface area contributed by atoms with Gasteiger partial charge < -0.3 is 15.2 Å². The Kier molecular flexibility index (Phi) is 7.24. The number of halogens is 2. The van der Waals surface area contributed by atoms with Crippen molar-refractivity contribution in [1.82, 2.24) is 15.5 Å². The van der Waals surface area contributed by atoms with Crippen molar-refractivity contribution in [1.29, 1.82) is 0 Å². The van der Waals surface area contributed by atoms with Crippen molar-refractivity contribution in [2.45, 2.75) is 13.5 Å². The summed E-state index contributed by atoms with van der Waals surface area (Å²) in [6.45, 7) is 2.65. The van der Waals surface area contributed by atoms with Crippen LogP contribution in [0.25, 0.3) is 11.1 Å². The van der Waals surface area contributed by atoms with Crippen LogP contribution in [0.1, 0.15) is 32.9 Å². The van der Waals surface area contributed by atoms with E-state index < -0.39 is 0 Å². The number of hydrogen-bond donors (Lipinski definition) is 2. The monoisotopic (exact) mass is 493 g/mol. The van der Waals surface area contributed by atoms with E-state index in [2.05, 4.69) is 31.4 Å². The van der Waals surface area contributed by atoms with E-state index in [0.717, 1.165) is 16.9 Å². The molecule has 1 heterocycles. The molecule has 9 heteroatoms. The number of ether oxygens (including phenoxy) is 1. The van der Waals surface area contributed by atoms with Crippen LogP contribution in [0.3, 0.4) is 0 Å². The molecule has 0 radical (unpaired) electrons. The van der Waals surface area contributed by atoms with E-state index in [-0.39, 0.29) is 16.7 Å². The number of carbonyl (C=O) groups excluding carboxylic acids is 1. The van der Waals surface area contributed by atoms with Crippen LogP contribution < -0.4 is 10.1 Å². The number of nitrogens with zero attached hydrogens (tertiary/aromatic N) is 2. The summed E-state index contributed by atoms with van der Waals surface area (Å²) in [6, 6.07) is 13.0. The van der Waals surface area contributed by atoms with Crippen molar-refractivity contribution in [3.8, 4) is 11.5 Å². The first kappa shape index (κ1) is 21.3. The molecule has 0 aliphatic rings. The van der Waals surface area contributed by atoms with Crippen molar-refractivity contribution < 1.29 is 14.6 Å². The number of benzene rings is 2. The number of nitrogens with one attached hydrogen (secondary N) is 1. The third-order valence-electron chi connectivity index (χ3n) is 3.76. The highest BCUT2D eigenvalue weighted by molar-refractivity contribution is 9.10. The Morgan fingerprint density at radius 3 is 2.72 bits per heavy atom. The molecule has 2 aromatic carbocycles. The van der Waals surface area contributed by atoms with Gasteiger partial charge in [-0.1, -0.05) is 53.3 Å². The lowest BCUT2D eigenvalue weighted by atomic mass is 10.2. The number of phenols is 1. The molecule has 0 aliphatic carbocycles. The van der Waals surface area contributed by atoms with Crippen LogP contribution in [0.15, 0.2) is 46.9 Å². The lowest BCUT2D eigenvalue weighted by Crippen LogP contribution is -2.22. The second kappa shape index (κ2) is 9.87. The molecule has 3 aromatic rings. The summed E-state index contributed by atoms with van der Waals surface area (Å²) in [5, 5.41) is 21.7. The molecule has 0 unspecified atom stereocenters. The van der Waals surface area contributed by atoms with E-state index in [0.29, 0.717) is 39.0 Å². The maximum Gasteiger partial charge on any atom is 0.282 e. The van der Waals surface area contributed by atoms with Gasteiger partial charge in [0.1, 0.15) is 0 Å². The second-order valence-corrected chi connectivity index (χ2v) is 8.09. The van der Waals surface area contributed by atoms with Crippen molar-refractivity contribution in [2.75, 3.05) is 6.61 Å². The highest BCUT2D eigenvalue weighted by Gasteiger charge is 2.15. The highest BCUT2D eigenvalue weighted by Crippen LogP contribution is 2.37. The predicted octanol–water partition coefficient (Wildman–Crippen LogP) is 5.07. The maximum atomic E-state index is 12.3. The molecule has 6 nitrogen and oxygen atoms in total. The van der Waals surface area contributed by atoms with E-state index in [4.69, 9.17) is 16.3 Å². The van der Waals surface area contributed by atoms with Gasteiger partial charge in [0, 0.05) is 6.54 Å². The average Bonchev–Trinajstić information content (AvgIpc) is 3.21. The smallest absolute Gasteiger partial charge is 0.282 e. The minimum Gasteiger partial charge on any atom is -0.503 e. The summed E-state index contributed by atoms with van der Waals surface area (Å²) in [5.41, 5.74) is 1.69. The van der Waals surface area contributed by atoms with Gasteiger partial charge in [0.25, 0.3) is 5.91 Å².